The smallest absolute Gasteiger partial charge is 0.226 e. The van der Waals surface area contributed by atoms with Gasteiger partial charge in [0.05, 0.1) is 0 Å². The molecule has 2 rings (SSSR count). The first-order valence-corrected chi connectivity index (χ1v) is 4.03. The Bertz CT molecular complexity index is 291. The Morgan fingerprint density at radius 2 is 1.50 bits per heavy atom. The first-order chi connectivity index (χ1) is 6.21. The molecule has 0 spiro atoms. The van der Waals surface area contributed by atoms with Crippen LogP contribution in [-0.4, -0.2) is 17.8 Å². The second-order valence-corrected chi connectivity index (χ2v) is 3.67. The van der Waals surface area contributed by atoms with E-state index < -0.39 is 36.0 Å². The molecule has 0 aromatic carbocycles. The van der Waals surface area contributed by atoms with Gasteiger partial charge in [0.15, 0.2) is 0 Å². The van der Waals surface area contributed by atoms with Gasteiger partial charge in [0.1, 0.15) is 0 Å². The van der Waals surface area contributed by atoms with E-state index in [4.69, 9.17) is 0 Å². The molecule has 6 heteroatoms. The van der Waals surface area contributed by atoms with Crippen LogP contribution >= 0.6 is 0 Å². The number of rotatable bonds is 0. The molecule has 2 aliphatic carbocycles. The lowest BCUT2D eigenvalue weighted by Crippen LogP contribution is -2.57. The minimum Gasteiger partial charge on any atom is -0.226 e. The van der Waals surface area contributed by atoms with Gasteiger partial charge in [-0.25, -0.2) is 13.2 Å². The summed E-state index contributed by atoms with van der Waals surface area (Å²) in [7, 11) is 0. The highest BCUT2D eigenvalue weighted by molar-refractivity contribution is 5.27. The fourth-order valence-electron chi connectivity index (χ4n) is 2.18. The standard InChI is InChI=1S/C8H6F6/c9-6(8(12,13)14)4-1-2-5(3-4)7(6,10)11/h1-2,4-5H,3H2/t4-,5+,6-/m0/s1. The van der Waals surface area contributed by atoms with Crippen LogP contribution < -0.4 is 0 Å². The number of alkyl halides is 6. The number of fused-ring (bicyclic) bond motifs is 2. The molecule has 0 heterocycles. The maximum absolute atomic E-state index is 13.4. The number of allylic oxidation sites excluding steroid dienone is 2. The summed E-state index contributed by atoms with van der Waals surface area (Å²) in [6.07, 6.45) is -4.10. The van der Waals surface area contributed by atoms with Gasteiger partial charge < -0.3 is 0 Å². The van der Waals surface area contributed by atoms with Crippen molar-refractivity contribution < 1.29 is 26.3 Å². The Labute approximate surface area is 75.6 Å². The van der Waals surface area contributed by atoms with E-state index >= 15 is 0 Å². The molecule has 80 valence electrons. The van der Waals surface area contributed by atoms with E-state index in [2.05, 4.69) is 0 Å². The van der Waals surface area contributed by atoms with Crippen LogP contribution in [0.2, 0.25) is 0 Å². The largest absolute Gasteiger partial charge is 0.429 e. The first-order valence-electron chi connectivity index (χ1n) is 4.03. The Balaban J connectivity index is 2.50. The summed E-state index contributed by atoms with van der Waals surface area (Å²) in [6, 6.07) is 0. The van der Waals surface area contributed by atoms with Crippen LogP contribution in [0.3, 0.4) is 0 Å². The van der Waals surface area contributed by atoms with Gasteiger partial charge in [0.25, 0.3) is 11.6 Å². The molecular weight excluding hydrogens is 210 g/mol. The molecule has 2 aliphatic rings. The van der Waals surface area contributed by atoms with E-state index in [1.165, 1.54) is 0 Å². The van der Waals surface area contributed by atoms with Crippen molar-refractivity contribution >= 4 is 0 Å². The second kappa shape index (κ2) is 2.28. The van der Waals surface area contributed by atoms with Crippen molar-refractivity contribution in [1.82, 2.24) is 0 Å². The molecule has 0 unspecified atom stereocenters. The maximum Gasteiger partial charge on any atom is 0.429 e. The minimum atomic E-state index is -5.51. The molecule has 0 aliphatic heterocycles. The van der Waals surface area contributed by atoms with Crippen molar-refractivity contribution in [2.45, 2.75) is 24.2 Å². The van der Waals surface area contributed by atoms with Crippen LogP contribution in [0, 0.1) is 11.8 Å². The molecule has 0 saturated heterocycles. The Morgan fingerprint density at radius 3 is 1.79 bits per heavy atom. The van der Waals surface area contributed by atoms with Gasteiger partial charge in [-0.2, -0.15) is 13.2 Å². The molecule has 1 saturated carbocycles. The second-order valence-electron chi connectivity index (χ2n) is 3.67. The zero-order valence-corrected chi connectivity index (χ0v) is 6.78. The van der Waals surface area contributed by atoms with Crippen LogP contribution in [0.25, 0.3) is 0 Å². The SMILES string of the molecule is FC(F)(F)[C@]1(F)[C@H]2C=C[C@H](C2)C1(F)F. The maximum atomic E-state index is 13.4. The molecule has 0 aromatic heterocycles. The van der Waals surface area contributed by atoms with E-state index in [1.54, 1.807) is 0 Å². The average Bonchev–Trinajstić information content (AvgIpc) is 2.52. The average molecular weight is 216 g/mol. The third kappa shape index (κ3) is 0.821. The van der Waals surface area contributed by atoms with E-state index in [9.17, 15) is 26.3 Å². The van der Waals surface area contributed by atoms with Crippen molar-refractivity contribution in [2.24, 2.45) is 11.8 Å². The summed E-state index contributed by atoms with van der Waals surface area (Å²) >= 11 is 0. The summed E-state index contributed by atoms with van der Waals surface area (Å²) in [5.74, 6) is -7.67. The van der Waals surface area contributed by atoms with Crippen molar-refractivity contribution in [1.29, 1.82) is 0 Å². The predicted molar refractivity (Wildman–Crippen MR) is 35.6 cm³/mol. The number of hydrogen-bond acceptors (Lipinski definition) is 0. The molecule has 1 fully saturated rings. The fraction of sp³-hybridized carbons (Fsp3) is 0.750. The first kappa shape index (κ1) is 9.86. The summed E-state index contributed by atoms with van der Waals surface area (Å²) in [4.78, 5) is 0. The van der Waals surface area contributed by atoms with Crippen molar-refractivity contribution in [3.63, 3.8) is 0 Å². The van der Waals surface area contributed by atoms with Crippen LogP contribution in [0.5, 0.6) is 0 Å². The van der Waals surface area contributed by atoms with Gasteiger partial charge in [0, 0.05) is 11.8 Å². The third-order valence-electron chi connectivity index (χ3n) is 2.96. The lowest BCUT2D eigenvalue weighted by molar-refractivity contribution is -0.305. The summed E-state index contributed by atoms with van der Waals surface area (Å²) in [5.41, 5.74) is -4.38. The zero-order valence-electron chi connectivity index (χ0n) is 6.78. The molecule has 0 N–H and O–H groups in total. The van der Waals surface area contributed by atoms with Gasteiger partial charge in [0.2, 0.25) is 0 Å². The lowest BCUT2D eigenvalue weighted by Gasteiger charge is -2.35. The van der Waals surface area contributed by atoms with Crippen molar-refractivity contribution in [2.75, 3.05) is 0 Å². The minimum absolute atomic E-state index is 0.455. The van der Waals surface area contributed by atoms with Crippen molar-refractivity contribution in [3.05, 3.63) is 12.2 Å². The molecule has 0 nitrogen and oxygen atoms in total. The molecule has 0 amide bonds. The summed E-state index contributed by atoms with van der Waals surface area (Å²) < 4.78 is 76.1. The summed E-state index contributed by atoms with van der Waals surface area (Å²) in [6.45, 7) is 0. The molecule has 14 heavy (non-hydrogen) atoms. The molecule has 0 radical (unpaired) electrons. The fourth-order valence-corrected chi connectivity index (χ4v) is 2.18. The molecule has 3 atom stereocenters. The molecule has 2 bridgehead atoms. The Morgan fingerprint density at radius 1 is 1.00 bits per heavy atom. The van der Waals surface area contributed by atoms with Gasteiger partial charge in [-0.3, -0.25) is 0 Å². The van der Waals surface area contributed by atoms with Crippen LogP contribution in [-0.2, 0) is 0 Å². The summed E-state index contributed by atoms with van der Waals surface area (Å²) in [5, 5.41) is 0. The highest BCUT2D eigenvalue weighted by atomic mass is 19.4. The highest BCUT2D eigenvalue weighted by Crippen LogP contribution is 2.63. The van der Waals surface area contributed by atoms with E-state index in [0.717, 1.165) is 12.2 Å². The lowest BCUT2D eigenvalue weighted by atomic mass is 9.86. The third-order valence-corrected chi connectivity index (χ3v) is 2.96. The van der Waals surface area contributed by atoms with Crippen LogP contribution in [0.4, 0.5) is 26.3 Å². The zero-order chi connectivity index (χ0) is 10.8. The topological polar surface area (TPSA) is 0 Å². The van der Waals surface area contributed by atoms with Gasteiger partial charge in [-0.1, -0.05) is 12.2 Å². The quantitative estimate of drug-likeness (QED) is 0.431. The molecular formula is C8H6F6. The van der Waals surface area contributed by atoms with E-state index in [1.807, 2.05) is 0 Å². The Hall–Kier alpha value is -0.680. The highest BCUT2D eigenvalue weighted by Gasteiger charge is 2.80. The van der Waals surface area contributed by atoms with Gasteiger partial charge in [-0.05, 0) is 6.42 Å². The molecule has 0 aromatic rings. The van der Waals surface area contributed by atoms with E-state index in [0.29, 0.717) is 0 Å². The monoisotopic (exact) mass is 216 g/mol. The predicted octanol–water partition coefficient (Wildman–Crippen LogP) is 3.10. The number of halogens is 6. The van der Waals surface area contributed by atoms with E-state index in [-0.39, 0.29) is 0 Å². The van der Waals surface area contributed by atoms with Crippen molar-refractivity contribution in [3.8, 4) is 0 Å². The normalized spacial score (nSPS) is 44.7. The van der Waals surface area contributed by atoms with Gasteiger partial charge >= 0.3 is 6.18 Å². The number of hydrogen-bond donors (Lipinski definition) is 0. The van der Waals surface area contributed by atoms with Crippen LogP contribution in [0.15, 0.2) is 12.2 Å². The Kier molecular flexibility index (Phi) is 1.60. The van der Waals surface area contributed by atoms with Gasteiger partial charge in [-0.15, -0.1) is 0 Å². The van der Waals surface area contributed by atoms with Crippen LogP contribution in [0.1, 0.15) is 6.42 Å².